The summed E-state index contributed by atoms with van der Waals surface area (Å²) in [7, 11) is -4.21. The number of carboxylic acid groups (broad SMARTS) is 1. The highest BCUT2D eigenvalue weighted by Gasteiger charge is 2.32. The number of nitrogens with zero attached hydrogens (tertiary/aromatic N) is 2. The number of aryl methyl sites for hydroxylation is 1. The molecule has 0 spiro atoms. The summed E-state index contributed by atoms with van der Waals surface area (Å²) in [6, 6.07) is 12.5. The van der Waals surface area contributed by atoms with Crippen LogP contribution >= 0.6 is 0 Å². The molecule has 1 aromatic heterocycles. The van der Waals surface area contributed by atoms with Gasteiger partial charge in [-0.05, 0) is 74.2 Å². The minimum atomic E-state index is -4.54. The molecule has 3 aromatic rings. The Morgan fingerprint density at radius 3 is 2.58 bits per heavy atom. The molecule has 38 heavy (non-hydrogen) atoms. The van der Waals surface area contributed by atoms with Crippen molar-refractivity contribution in [1.29, 1.82) is 0 Å². The first kappa shape index (κ1) is 27.4. The molecule has 0 aliphatic carbocycles. The lowest BCUT2D eigenvalue weighted by molar-refractivity contribution is -0.138. The van der Waals surface area contributed by atoms with Crippen LogP contribution in [0.3, 0.4) is 0 Å². The van der Waals surface area contributed by atoms with Gasteiger partial charge in [-0.2, -0.15) is 17.5 Å². The maximum atomic E-state index is 13.5. The molecule has 1 aliphatic heterocycles. The van der Waals surface area contributed by atoms with Crippen LogP contribution < -0.4 is 9.47 Å². The van der Waals surface area contributed by atoms with E-state index in [0.717, 1.165) is 22.0 Å². The van der Waals surface area contributed by atoms with Crippen LogP contribution in [0.1, 0.15) is 37.0 Å². The van der Waals surface area contributed by atoms with Crippen molar-refractivity contribution in [2.45, 2.75) is 49.9 Å². The number of benzene rings is 2. The van der Waals surface area contributed by atoms with Crippen molar-refractivity contribution >= 4 is 16.0 Å². The van der Waals surface area contributed by atoms with Crippen LogP contribution in [0.25, 0.3) is 0 Å². The molecule has 2 heterocycles. The number of pyridine rings is 1. The van der Waals surface area contributed by atoms with Crippen molar-refractivity contribution in [1.82, 2.24) is 9.29 Å². The lowest BCUT2D eigenvalue weighted by atomic mass is 9.94. The Kier molecular flexibility index (Phi) is 7.39. The first-order valence-electron chi connectivity index (χ1n) is 11.6. The Hall–Kier alpha value is -3.64. The third-order valence-electron chi connectivity index (χ3n) is 5.91. The number of carboxylic acids is 1. The summed E-state index contributed by atoms with van der Waals surface area (Å²) in [6.45, 7) is 2.82. The van der Waals surface area contributed by atoms with Crippen molar-refractivity contribution in [3.8, 4) is 17.4 Å². The summed E-state index contributed by atoms with van der Waals surface area (Å²) < 4.78 is 77.5. The maximum absolute atomic E-state index is 13.5. The van der Waals surface area contributed by atoms with Crippen molar-refractivity contribution in [2.75, 3.05) is 6.54 Å². The van der Waals surface area contributed by atoms with Gasteiger partial charge in [0.05, 0.1) is 10.5 Å². The van der Waals surface area contributed by atoms with Gasteiger partial charge in [0.2, 0.25) is 15.9 Å². The molecule has 1 aliphatic rings. The van der Waals surface area contributed by atoms with Crippen molar-refractivity contribution in [3.05, 3.63) is 77.5 Å². The second-order valence-corrected chi connectivity index (χ2v) is 11.4. The van der Waals surface area contributed by atoms with E-state index < -0.39 is 34.3 Å². The molecule has 0 amide bonds. The second kappa shape index (κ2) is 10.3. The number of sulfonamides is 1. The van der Waals surface area contributed by atoms with Crippen LogP contribution in [-0.2, 0) is 34.0 Å². The molecule has 4 rings (SSSR count). The summed E-state index contributed by atoms with van der Waals surface area (Å²) in [5.41, 5.74) is -0.168. The van der Waals surface area contributed by atoms with Gasteiger partial charge in [-0.15, -0.1) is 0 Å². The van der Waals surface area contributed by atoms with E-state index in [-0.39, 0.29) is 28.7 Å². The fourth-order valence-electron chi connectivity index (χ4n) is 3.96. The van der Waals surface area contributed by atoms with Crippen molar-refractivity contribution < 1.29 is 41.0 Å². The fraction of sp³-hybridized carbons (Fsp3) is 0.308. The minimum Gasteiger partial charge on any atom is -0.488 e. The summed E-state index contributed by atoms with van der Waals surface area (Å²) in [6.07, 6.45) is -2.58. The molecule has 0 fully saturated rings. The van der Waals surface area contributed by atoms with E-state index in [0.29, 0.717) is 30.4 Å². The highest BCUT2D eigenvalue weighted by atomic mass is 32.2. The number of fused-ring (bicyclic) bond motifs is 1. The number of alkyl halides is 3. The first-order valence-corrected chi connectivity index (χ1v) is 13.0. The average molecular weight is 551 g/mol. The van der Waals surface area contributed by atoms with E-state index in [9.17, 15) is 31.5 Å². The molecule has 0 saturated heterocycles. The standard InChI is InChI=1S/C26H25F3N2O6S/c1-25(2)11-10-18-13-21(7-8-22(18)37-25)38(34,35)31(16-24(32)33)15-17-4-3-5-20(12-17)36-23-9-6-19(14-30-23)26(27,28)29/h3-9,12-14H,10-11,15-16H2,1-2H3,(H,32,33). The van der Waals surface area contributed by atoms with E-state index in [1.807, 2.05) is 13.8 Å². The quantitative estimate of drug-likeness (QED) is 0.407. The van der Waals surface area contributed by atoms with Gasteiger partial charge in [-0.1, -0.05) is 12.1 Å². The Morgan fingerprint density at radius 2 is 1.92 bits per heavy atom. The van der Waals surface area contributed by atoms with E-state index in [2.05, 4.69) is 4.98 Å². The van der Waals surface area contributed by atoms with Crippen LogP contribution in [0.15, 0.2) is 65.7 Å². The molecule has 202 valence electrons. The van der Waals surface area contributed by atoms with Crippen LogP contribution in [0.5, 0.6) is 17.4 Å². The molecular formula is C26H25F3N2O6S. The van der Waals surface area contributed by atoms with Gasteiger partial charge in [0.1, 0.15) is 23.6 Å². The van der Waals surface area contributed by atoms with E-state index in [1.54, 1.807) is 18.2 Å². The van der Waals surface area contributed by atoms with Crippen LogP contribution in [0.2, 0.25) is 0 Å². The molecule has 12 heteroatoms. The first-order chi connectivity index (χ1) is 17.7. The predicted molar refractivity (Wildman–Crippen MR) is 130 cm³/mol. The largest absolute Gasteiger partial charge is 0.488 e. The lowest BCUT2D eigenvalue weighted by Gasteiger charge is -2.33. The van der Waals surface area contributed by atoms with Gasteiger partial charge < -0.3 is 14.6 Å². The maximum Gasteiger partial charge on any atom is 0.417 e. The number of hydrogen-bond acceptors (Lipinski definition) is 6. The predicted octanol–water partition coefficient (Wildman–Crippen LogP) is 5.27. The average Bonchev–Trinajstić information content (AvgIpc) is 2.82. The molecule has 1 N–H and O–H groups in total. The Bertz CT molecular complexity index is 1440. The molecule has 2 aromatic carbocycles. The van der Waals surface area contributed by atoms with E-state index in [1.165, 1.54) is 24.3 Å². The number of aliphatic carboxylic acids is 1. The molecule has 0 atom stereocenters. The number of hydrogen-bond donors (Lipinski definition) is 1. The Balaban J connectivity index is 1.56. The topological polar surface area (TPSA) is 106 Å². The number of rotatable bonds is 8. The van der Waals surface area contributed by atoms with Crippen LogP contribution in [0, 0.1) is 0 Å². The SMILES string of the molecule is CC1(C)CCc2cc(S(=O)(=O)N(CC(=O)O)Cc3cccc(Oc4ccc(C(F)(F)F)cn4)c3)ccc2O1. The van der Waals surface area contributed by atoms with E-state index in [4.69, 9.17) is 9.47 Å². The third-order valence-corrected chi connectivity index (χ3v) is 7.70. The lowest BCUT2D eigenvalue weighted by Crippen LogP contribution is -2.36. The number of ether oxygens (including phenoxy) is 2. The van der Waals surface area contributed by atoms with Gasteiger partial charge in [0, 0.05) is 18.8 Å². The molecule has 0 saturated carbocycles. The number of carbonyl (C=O) groups is 1. The highest BCUT2D eigenvalue weighted by Crippen LogP contribution is 2.35. The summed E-state index contributed by atoms with van der Waals surface area (Å²) in [5, 5.41) is 9.41. The number of aromatic nitrogens is 1. The van der Waals surface area contributed by atoms with Gasteiger partial charge in [-0.25, -0.2) is 13.4 Å². The monoisotopic (exact) mass is 550 g/mol. The second-order valence-electron chi connectivity index (χ2n) is 9.43. The summed E-state index contributed by atoms with van der Waals surface area (Å²) in [4.78, 5) is 15.2. The minimum absolute atomic E-state index is 0.0536. The van der Waals surface area contributed by atoms with Gasteiger partial charge >= 0.3 is 12.1 Å². The normalized spacial score (nSPS) is 15.0. The van der Waals surface area contributed by atoms with E-state index >= 15 is 0 Å². The van der Waals surface area contributed by atoms with Crippen LogP contribution in [0.4, 0.5) is 13.2 Å². The zero-order valence-corrected chi connectivity index (χ0v) is 21.3. The smallest absolute Gasteiger partial charge is 0.417 e. The molecule has 0 radical (unpaired) electrons. The Morgan fingerprint density at radius 1 is 1.16 bits per heavy atom. The molecule has 0 unspecified atom stereocenters. The van der Waals surface area contributed by atoms with Gasteiger partial charge in [-0.3, -0.25) is 4.79 Å². The van der Waals surface area contributed by atoms with Gasteiger partial charge in [0.15, 0.2) is 0 Å². The van der Waals surface area contributed by atoms with Crippen molar-refractivity contribution in [3.63, 3.8) is 0 Å². The highest BCUT2D eigenvalue weighted by molar-refractivity contribution is 7.89. The fourth-order valence-corrected chi connectivity index (χ4v) is 5.39. The molecular weight excluding hydrogens is 525 g/mol. The Labute approximate surface area is 217 Å². The third kappa shape index (κ3) is 6.43. The summed E-state index contributed by atoms with van der Waals surface area (Å²) >= 11 is 0. The molecule has 8 nitrogen and oxygen atoms in total. The van der Waals surface area contributed by atoms with Crippen LogP contribution in [-0.4, -0.2) is 40.9 Å². The van der Waals surface area contributed by atoms with Gasteiger partial charge in [0.25, 0.3) is 0 Å². The van der Waals surface area contributed by atoms with Crippen molar-refractivity contribution in [2.24, 2.45) is 0 Å². The molecule has 0 bridgehead atoms. The zero-order chi connectivity index (χ0) is 27.7. The summed E-state index contributed by atoms with van der Waals surface area (Å²) in [5.74, 6) is -0.648. The zero-order valence-electron chi connectivity index (χ0n) is 20.5. The number of halogens is 3.